The number of hydrogen-bond donors (Lipinski definition) is 4. The van der Waals surface area contributed by atoms with Crippen LogP contribution < -0.4 is 20.4 Å². The molecule has 8 nitrogen and oxygen atoms in total. The molecule has 0 spiro atoms. The van der Waals surface area contributed by atoms with Crippen LogP contribution in [0.15, 0.2) is 70.1 Å². The number of ether oxygens (including phenoxy) is 2. The zero-order chi connectivity index (χ0) is 30.3. The molecule has 2 fully saturated rings. The van der Waals surface area contributed by atoms with Crippen LogP contribution in [0.2, 0.25) is 0 Å². The molecule has 4 rings (SSSR count). The second kappa shape index (κ2) is 15.6. The molecule has 0 atom stereocenters. The third kappa shape index (κ3) is 10.1. The number of quaternary nitrogens is 2. The van der Waals surface area contributed by atoms with Crippen molar-refractivity contribution in [3.8, 4) is 0 Å². The van der Waals surface area contributed by atoms with Crippen LogP contribution >= 0.6 is 0 Å². The molecule has 0 unspecified atom stereocenters. The van der Waals surface area contributed by atoms with Gasteiger partial charge in [-0.05, 0) is 46.3 Å². The molecule has 241 valence electrons. The quantitative estimate of drug-likeness (QED) is 0.169. The molecule has 2 aliphatic heterocycles. The van der Waals surface area contributed by atoms with E-state index in [4.69, 9.17) is 9.47 Å². The van der Waals surface area contributed by atoms with Crippen molar-refractivity contribution in [2.45, 2.75) is 41.5 Å². The Labute approximate surface area is 268 Å². The summed E-state index contributed by atoms with van der Waals surface area (Å²) >= 11 is 0. The number of morpholine rings is 2. The standard InChI is InChI=1S/C34H50N4O4.Cu/c1-33(2,3)29-17-25(31(39)27(19-29)23-37-9-13-41-14-10-37)21-35-7-8-36-22-26-18-30(34(4,5)6)20-28(32(26)40)24-38-11-15-42-16-12-38;/h17-22,35-36H,7-16,23-24H2,1-6H3;/p+2. The molecule has 0 aromatic carbocycles. The third-order valence-corrected chi connectivity index (χ3v) is 8.33. The Bertz CT molecular complexity index is 1110. The largest absolute Gasteiger partial charge is 0.389 e. The normalized spacial score (nSPS) is 22.9. The van der Waals surface area contributed by atoms with Crippen molar-refractivity contribution in [2.75, 3.05) is 78.8 Å². The average molecular weight is 644 g/mol. The summed E-state index contributed by atoms with van der Waals surface area (Å²) in [5.74, 6) is 0.192. The minimum absolute atomic E-state index is 0. The fraction of sp³-hybridized carbons (Fsp3) is 0.588. The molecule has 4 aliphatic rings. The van der Waals surface area contributed by atoms with Gasteiger partial charge in [-0.3, -0.25) is 9.59 Å². The van der Waals surface area contributed by atoms with Crippen molar-refractivity contribution >= 4 is 11.6 Å². The molecule has 2 heterocycles. The van der Waals surface area contributed by atoms with Gasteiger partial charge in [0.15, 0.2) is 11.6 Å². The molecule has 4 N–H and O–H groups in total. The minimum Gasteiger partial charge on any atom is -0.389 e. The summed E-state index contributed by atoms with van der Waals surface area (Å²) in [6, 6.07) is 0. The molecule has 0 aromatic rings. The monoisotopic (exact) mass is 643 g/mol. The molecule has 2 saturated heterocycles. The van der Waals surface area contributed by atoms with E-state index in [1.165, 1.54) is 20.9 Å². The van der Waals surface area contributed by atoms with Gasteiger partial charge >= 0.3 is 0 Å². The smallest absolute Gasteiger partial charge is 0.196 e. The molecule has 0 amide bonds. The molecular weight excluding hydrogens is 592 g/mol. The van der Waals surface area contributed by atoms with Crippen LogP contribution in [0.1, 0.15) is 41.5 Å². The van der Waals surface area contributed by atoms with Crippen LogP contribution in [-0.4, -0.2) is 90.4 Å². The molecule has 0 aromatic heterocycles. The van der Waals surface area contributed by atoms with Crippen molar-refractivity contribution < 1.29 is 45.9 Å². The topological polar surface area (TPSA) is 85.5 Å². The van der Waals surface area contributed by atoms with Crippen LogP contribution in [0, 0.1) is 10.8 Å². The number of carbonyl (C=O) groups is 2. The number of carbonyl (C=O) groups excluding carboxylic acids is 2. The second-order valence-electron chi connectivity index (χ2n) is 13.9. The second-order valence-corrected chi connectivity index (χ2v) is 13.9. The van der Waals surface area contributed by atoms with Gasteiger partial charge < -0.3 is 29.9 Å². The zero-order valence-corrected chi connectivity index (χ0v) is 27.8. The average Bonchev–Trinajstić information content (AvgIpc) is 2.94. The zero-order valence-electron chi connectivity index (χ0n) is 26.9. The van der Waals surface area contributed by atoms with Crippen molar-refractivity contribution in [1.82, 2.24) is 10.6 Å². The Balaban J connectivity index is 0.00000506. The first kappa shape index (κ1) is 35.2. The van der Waals surface area contributed by atoms with Gasteiger partial charge in [-0.1, -0.05) is 41.5 Å². The first-order valence-corrected chi connectivity index (χ1v) is 15.6. The van der Waals surface area contributed by atoms with Gasteiger partial charge in [0.2, 0.25) is 0 Å². The third-order valence-electron chi connectivity index (χ3n) is 8.33. The number of hydrogen-bond acceptors (Lipinski definition) is 6. The molecule has 0 saturated carbocycles. The maximum atomic E-state index is 13.4. The van der Waals surface area contributed by atoms with Gasteiger partial charge in [0.1, 0.15) is 39.3 Å². The molecule has 43 heavy (non-hydrogen) atoms. The van der Waals surface area contributed by atoms with E-state index in [0.717, 1.165) is 76.8 Å². The fourth-order valence-corrected chi connectivity index (χ4v) is 5.49. The van der Waals surface area contributed by atoms with Gasteiger partial charge in [0.05, 0.1) is 37.6 Å². The van der Waals surface area contributed by atoms with Crippen molar-refractivity contribution in [2.24, 2.45) is 10.8 Å². The maximum Gasteiger partial charge on any atom is 0.196 e. The summed E-state index contributed by atoms with van der Waals surface area (Å²) in [4.78, 5) is 29.5. The van der Waals surface area contributed by atoms with Gasteiger partial charge in [0, 0.05) is 53.7 Å². The Morgan fingerprint density at radius 2 is 1.00 bits per heavy atom. The van der Waals surface area contributed by atoms with Crippen molar-refractivity contribution in [3.63, 3.8) is 0 Å². The van der Waals surface area contributed by atoms with Crippen LogP contribution in [0.25, 0.3) is 0 Å². The Hall–Kier alpha value is -2.26. The predicted octanol–water partition coefficient (Wildman–Crippen LogP) is 0.724. The van der Waals surface area contributed by atoms with Gasteiger partial charge in [-0.15, -0.1) is 0 Å². The number of ketones is 2. The summed E-state index contributed by atoms with van der Waals surface area (Å²) in [7, 11) is 0. The van der Waals surface area contributed by atoms with E-state index >= 15 is 0 Å². The number of nitrogens with one attached hydrogen (secondary N) is 4. The van der Waals surface area contributed by atoms with Crippen molar-refractivity contribution in [1.29, 1.82) is 0 Å². The number of rotatable bonds is 9. The Kier molecular flexibility index (Phi) is 12.8. The molecule has 0 bridgehead atoms. The van der Waals surface area contributed by atoms with E-state index in [1.54, 1.807) is 0 Å². The van der Waals surface area contributed by atoms with Gasteiger partial charge in [-0.2, -0.15) is 0 Å². The van der Waals surface area contributed by atoms with Gasteiger partial charge in [-0.25, -0.2) is 0 Å². The van der Waals surface area contributed by atoms with E-state index in [-0.39, 0.29) is 39.5 Å². The molecular formula is C34H52CuN4O4+2. The van der Waals surface area contributed by atoms with Crippen LogP contribution in [0.4, 0.5) is 0 Å². The first-order valence-electron chi connectivity index (χ1n) is 15.6. The number of allylic oxidation sites excluding steroid dienone is 8. The summed E-state index contributed by atoms with van der Waals surface area (Å²) < 4.78 is 11.0. The first-order chi connectivity index (χ1) is 19.9. The van der Waals surface area contributed by atoms with Gasteiger partial charge in [0.25, 0.3) is 0 Å². The van der Waals surface area contributed by atoms with Crippen LogP contribution in [-0.2, 0) is 36.1 Å². The van der Waals surface area contributed by atoms with E-state index in [0.29, 0.717) is 24.2 Å². The Morgan fingerprint density at radius 3 is 1.33 bits per heavy atom. The van der Waals surface area contributed by atoms with Crippen LogP contribution in [0.3, 0.4) is 0 Å². The van der Waals surface area contributed by atoms with Crippen LogP contribution in [0.5, 0.6) is 0 Å². The van der Waals surface area contributed by atoms with E-state index in [1.807, 2.05) is 24.6 Å². The summed E-state index contributed by atoms with van der Waals surface area (Å²) in [6.07, 6.45) is 11.9. The predicted molar refractivity (Wildman–Crippen MR) is 166 cm³/mol. The van der Waals surface area contributed by atoms with E-state index in [2.05, 4.69) is 64.3 Å². The summed E-state index contributed by atoms with van der Waals surface area (Å²) in [5, 5.41) is 6.65. The summed E-state index contributed by atoms with van der Waals surface area (Å²) in [5.41, 5.74) is 5.36. The van der Waals surface area contributed by atoms with Crippen molar-refractivity contribution in [3.05, 3.63) is 70.1 Å². The summed E-state index contributed by atoms with van der Waals surface area (Å²) in [6.45, 7) is 22.5. The Morgan fingerprint density at radius 1 is 0.651 bits per heavy atom. The maximum absolute atomic E-state index is 13.4. The number of Topliss-reactive ketones (excluding diaryl/α,β-unsaturated/α-hetero) is 2. The fourth-order valence-electron chi connectivity index (χ4n) is 5.49. The van der Waals surface area contributed by atoms with E-state index in [9.17, 15) is 9.59 Å². The molecule has 1 radical (unpaired) electrons. The van der Waals surface area contributed by atoms with E-state index < -0.39 is 0 Å². The SMILES string of the molecule is CC(C)(C)C1=CC(=CNCCNC=C2C=C(C(C)(C)C)C=C(C[NH+]3CCOCC3)C2=O)C(=O)C(C[NH+]2CCOCC2)=C1.[Cu]. The molecule has 2 aliphatic carbocycles. The molecule has 9 heteroatoms. The minimum atomic E-state index is -0.0539.